The summed E-state index contributed by atoms with van der Waals surface area (Å²) in [5, 5.41) is 163. The summed E-state index contributed by atoms with van der Waals surface area (Å²) in [7, 11) is -0.398. The van der Waals surface area contributed by atoms with Gasteiger partial charge in [-0.15, -0.1) is 0 Å². The highest BCUT2D eigenvalue weighted by atomic mass is 32.3. The summed E-state index contributed by atoms with van der Waals surface area (Å²) in [5.41, 5.74) is 6.50. The van der Waals surface area contributed by atoms with Crippen LogP contribution in [-0.4, -0.2) is 272 Å². The maximum Gasteiger partial charge on any atom is 0.394 e. The van der Waals surface area contributed by atoms with Gasteiger partial charge in [0.05, 0.1) is 77.7 Å². The second-order valence-corrected chi connectivity index (χ2v) is 20.4. The molecule has 36 nitrogen and oxygen atoms in total. The SMILES string of the molecule is CN(C)[C@@H]1C(O)=C(C(N)=O)C(=O)[C@@]2(O)C(O)=C3C(=O)c4c(O)cccc4[C@@](C)(O)[C@H]3[C@H](O)[C@@H]12.CN[C@@H]1[C@H](O[C@H]2[C@H](O[C@H]3[C@H](O)[C@@H](O)[C@H](NC(=N)N)[C@@H](O)[C@@H]3NC(=N)N)O[C@@H](C)[C@]2(O)C=O)O[C@@H](CO)[C@H](O)[C@H]1O.O.O.O=S(=O)(O)O. The van der Waals surface area contributed by atoms with E-state index in [0.29, 0.717) is 0 Å². The Bertz CT molecular complexity index is 2680. The molecule has 2 saturated heterocycles. The summed E-state index contributed by atoms with van der Waals surface area (Å²) in [6.07, 6.45) is -19.2. The second kappa shape index (κ2) is 25.2. The van der Waals surface area contributed by atoms with E-state index in [2.05, 4.69) is 16.0 Å². The predicted octanol–water partition coefficient (Wildman–Crippen LogP) is -11.3. The number of likely N-dealkylation sites (N-methyl/N-ethyl adjacent to an activating group) is 2. The monoisotopic (exact) mass is 1180 g/mol. The molecule has 0 spiro atoms. The van der Waals surface area contributed by atoms with Crippen LogP contribution in [0.1, 0.15) is 29.8 Å². The number of amides is 1. The van der Waals surface area contributed by atoms with Crippen molar-refractivity contribution in [3.8, 4) is 5.75 Å². The van der Waals surface area contributed by atoms with Crippen molar-refractivity contribution in [1.29, 1.82) is 10.8 Å². The maximum absolute atomic E-state index is 13.3. The Morgan fingerprint density at radius 1 is 0.838 bits per heavy atom. The summed E-state index contributed by atoms with van der Waals surface area (Å²) in [6.45, 7) is 1.87. The van der Waals surface area contributed by atoms with Gasteiger partial charge in [0.2, 0.25) is 5.78 Å². The number of phenols is 1. The van der Waals surface area contributed by atoms with Crippen molar-refractivity contribution in [2.45, 2.75) is 128 Å². The number of nitrogens with two attached hydrogens (primary N) is 3. The van der Waals surface area contributed by atoms with Crippen molar-refractivity contribution in [1.82, 2.24) is 20.9 Å². The number of nitrogens with zero attached hydrogens (tertiary/aromatic N) is 1. The number of ketones is 2. The lowest BCUT2D eigenvalue weighted by Crippen LogP contribution is -2.73. The number of guanidine groups is 2. The molecule has 1 aromatic carbocycles. The molecule has 0 bridgehead atoms. The fourth-order valence-electron chi connectivity index (χ4n) is 10.8. The van der Waals surface area contributed by atoms with Gasteiger partial charge in [0.15, 0.2) is 47.8 Å². The van der Waals surface area contributed by atoms with E-state index in [-0.39, 0.29) is 28.4 Å². The first-order chi connectivity index (χ1) is 35.9. The third-order valence-corrected chi connectivity index (χ3v) is 14.5. The molecular weight excluding hydrogens is 1110 g/mol. The fraction of sp³-hybridized carbons (Fsp3) is 0.628. The van der Waals surface area contributed by atoms with Gasteiger partial charge < -0.3 is 129 Å². The van der Waals surface area contributed by atoms with Gasteiger partial charge in [-0.25, -0.2) is 0 Å². The first-order valence-corrected chi connectivity index (χ1v) is 24.6. The van der Waals surface area contributed by atoms with Gasteiger partial charge in [0.25, 0.3) is 5.91 Å². The number of aliphatic hydroxyl groups excluding tert-OH is 9. The van der Waals surface area contributed by atoms with Crippen LogP contribution in [0, 0.1) is 22.7 Å². The normalized spacial score (nSPS) is 39.3. The van der Waals surface area contributed by atoms with Crippen LogP contribution in [0.2, 0.25) is 0 Å². The molecular formula is C43H69N9O27S. The van der Waals surface area contributed by atoms with Crippen LogP contribution in [0.15, 0.2) is 40.9 Å². The molecule has 1 saturated carbocycles. The zero-order chi connectivity index (χ0) is 59.4. The standard InChI is InChI=1S/C22H24N2O9.C21H39N7O12.H2O4S.2H2O/c1-21(32)7-5-4-6-8(25)9(7)15(26)10-12(21)17(28)13-14(24(2)3)16(27)11(20(23)31)19(30)22(13,33)18(10)29;1-5-21(36,4-30)16(40-17-9(26-2)13(34)10(31)6(3-29)38-17)18(37-5)39-15-8(28-20(24)25)11(32)7(27-19(22)23)12(33)14(15)35;1-5(2,3)4;;/h4-6,12-14,17,25,27-29,32-33H,1-3H3,(H2,23,31);4-18,26,29,31-36H,3H2,1-2H3,(H4,22,23,27)(H4,24,25,28);(H2,1,2,3,4);2*1H2/t12-,13-,14+,17+,21-,22+;5-,6-,7+,8-,9-,10-,11+,12-,13-,14+,15+,16-,17-,18-,21+;;;/m10.../s1. The van der Waals surface area contributed by atoms with Crippen LogP contribution < -0.4 is 33.2 Å². The second-order valence-electron chi connectivity index (χ2n) is 19.5. The molecule has 2 aliphatic heterocycles. The number of primary amides is 1. The van der Waals surface area contributed by atoms with Gasteiger partial charge in [-0.3, -0.25) is 44.0 Å². The summed E-state index contributed by atoms with van der Waals surface area (Å²) < 4.78 is 54.5. The molecule has 37 heteroatoms. The average Bonchev–Trinajstić information content (AvgIpc) is 3.56. The van der Waals surface area contributed by atoms with Crippen LogP contribution in [0.3, 0.4) is 0 Å². The number of phenolic OH excluding ortho intramolecular Hbond substituents is 1. The quantitative estimate of drug-likeness (QED) is 0.0322. The van der Waals surface area contributed by atoms with Crippen LogP contribution >= 0.6 is 0 Å². The lowest BCUT2D eigenvalue weighted by atomic mass is 9.54. The largest absolute Gasteiger partial charge is 0.510 e. The molecule has 3 fully saturated rings. The number of nitrogens with one attached hydrogen (secondary N) is 5. The number of hydrogen-bond donors (Lipinski definition) is 23. The summed E-state index contributed by atoms with van der Waals surface area (Å²) in [4.78, 5) is 51.9. The number of rotatable bonds is 11. The Kier molecular flexibility index (Phi) is 21.6. The molecule has 0 radical (unpaired) electrons. The molecule has 0 aromatic heterocycles. The molecule has 80 heavy (non-hydrogen) atoms. The third-order valence-electron chi connectivity index (χ3n) is 14.5. The van der Waals surface area contributed by atoms with Gasteiger partial charge in [0, 0.05) is 0 Å². The number of benzene rings is 1. The summed E-state index contributed by atoms with van der Waals surface area (Å²) >= 11 is 0. The van der Waals surface area contributed by atoms with E-state index in [1.54, 1.807) is 0 Å². The zero-order valence-electron chi connectivity index (χ0n) is 42.8. The molecule has 21 atom stereocenters. The molecule has 2 heterocycles. The van der Waals surface area contributed by atoms with Crippen molar-refractivity contribution in [2.75, 3.05) is 27.7 Å². The minimum absolute atomic E-state index is 0. The third kappa shape index (κ3) is 12.2. The smallest absolute Gasteiger partial charge is 0.394 e. The number of aliphatic hydroxyl groups is 12. The number of aldehydes is 1. The van der Waals surface area contributed by atoms with Crippen molar-refractivity contribution in [3.05, 3.63) is 52.0 Å². The Labute approximate surface area is 452 Å². The Morgan fingerprint density at radius 3 is 1.86 bits per heavy atom. The molecule has 454 valence electrons. The van der Waals surface area contributed by atoms with Crippen LogP contribution in [-0.2, 0) is 49.3 Å². The van der Waals surface area contributed by atoms with Gasteiger partial charge in [-0.1, -0.05) is 12.1 Å². The van der Waals surface area contributed by atoms with E-state index in [1.165, 1.54) is 58.1 Å². The number of fused-ring (bicyclic) bond motifs is 3. The highest BCUT2D eigenvalue weighted by molar-refractivity contribution is 7.79. The van der Waals surface area contributed by atoms with Gasteiger partial charge in [-0.05, 0) is 46.6 Å². The van der Waals surface area contributed by atoms with Crippen molar-refractivity contribution in [3.63, 3.8) is 0 Å². The number of ether oxygens (including phenoxy) is 4. The first kappa shape index (κ1) is 68.5. The van der Waals surface area contributed by atoms with E-state index in [0.717, 1.165) is 0 Å². The van der Waals surface area contributed by atoms with Crippen molar-refractivity contribution in [2.24, 2.45) is 29.0 Å². The van der Waals surface area contributed by atoms with Crippen LogP contribution in [0.4, 0.5) is 0 Å². The van der Waals surface area contributed by atoms with Crippen molar-refractivity contribution >= 4 is 46.1 Å². The van der Waals surface area contributed by atoms with Crippen LogP contribution in [0.25, 0.3) is 0 Å². The molecule has 0 unspecified atom stereocenters. The lowest BCUT2D eigenvalue weighted by molar-refractivity contribution is -0.314. The molecule has 1 aromatic rings. The molecule has 4 aliphatic carbocycles. The average molecular weight is 1180 g/mol. The zero-order valence-corrected chi connectivity index (χ0v) is 43.6. The highest BCUT2D eigenvalue weighted by Gasteiger charge is 2.69. The van der Waals surface area contributed by atoms with E-state index in [9.17, 15) is 85.6 Å². The summed E-state index contributed by atoms with van der Waals surface area (Å²) in [5.74, 6) is -11.0. The fourth-order valence-corrected chi connectivity index (χ4v) is 10.8. The maximum atomic E-state index is 13.3. The number of hydrogen-bond acceptors (Lipinski definition) is 27. The minimum Gasteiger partial charge on any atom is -0.510 e. The topological polar surface area (TPSA) is 671 Å². The van der Waals surface area contributed by atoms with Gasteiger partial charge in [0.1, 0.15) is 65.6 Å². The number of Topliss-reactive ketones (excluding diaryl/α,β-unsaturated/α-hetero) is 2. The first-order valence-electron chi connectivity index (χ1n) is 23.2. The lowest BCUT2D eigenvalue weighted by Gasteiger charge is -2.55. The Hall–Kier alpha value is -5.73. The highest BCUT2D eigenvalue weighted by Crippen LogP contribution is 2.56. The molecule has 6 aliphatic rings. The van der Waals surface area contributed by atoms with E-state index in [4.69, 9.17) is 64.5 Å². The Balaban J connectivity index is 0.000000383. The number of carbonyl (C=O) groups excluding carboxylic acids is 4. The van der Waals surface area contributed by atoms with Crippen molar-refractivity contribution < 1.29 is 133 Å². The van der Waals surface area contributed by atoms with Gasteiger partial charge >= 0.3 is 10.4 Å². The van der Waals surface area contributed by atoms with Gasteiger partial charge in [-0.2, -0.15) is 8.42 Å². The van der Waals surface area contributed by atoms with E-state index in [1.807, 2.05) is 0 Å². The molecule has 1 amide bonds. The Morgan fingerprint density at radius 2 is 1.38 bits per heavy atom. The number of aromatic hydroxyl groups is 1. The number of carbonyl (C=O) groups is 4. The van der Waals surface area contributed by atoms with E-state index < -0.39 is 201 Å². The van der Waals surface area contributed by atoms with E-state index >= 15 is 0 Å². The predicted molar refractivity (Wildman–Crippen MR) is 264 cm³/mol. The molecule has 30 N–H and O–H groups in total. The van der Waals surface area contributed by atoms with Crippen LogP contribution in [0.5, 0.6) is 5.75 Å². The molecule has 7 rings (SSSR count). The summed E-state index contributed by atoms with van der Waals surface area (Å²) in [6, 6.07) is -1.42. The minimum atomic E-state index is -4.67.